The highest BCUT2D eigenvalue weighted by atomic mass is 15.3. The van der Waals surface area contributed by atoms with Crippen LogP contribution < -0.4 is 10.6 Å². The van der Waals surface area contributed by atoms with Gasteiger partial charge in [-0.2, -0.15) is 0 Å². The molecule has 0 radical (unpaired) electrons. The molecule has 0 bridgehead atoms. The molecule has 0 fully saturated rings. The molecule has 4 heterocycles. The number of aromatic nitrogens is 6. The minimum atomic E-state index is 0.391. The lowest BCUT2D eigenvalue weighted by molar-refractivity contribution is 0.776. The van der Waals surface area contributed by atoms with Crippen molar-refractivity contribution in [3.63, 3.8) is 0 Å². The Labute approximate surface area is 163 Å². The van der Waals surface area contributed by atoms with Gasteiger partial charge < -0.3 is 10.6 Å². The molecule has 4 rings (SSSR count). The molecule has 0 saturated carbocycles. The Balaban J connectivity index is 1.78. The van der Waals surface area contributed by atoms with Gasteiger partial charge in [0.1, 0.15) is 12.1 Å². The summed E-state index contributed by atoms with van der Waals surface area (Å²) in [5.41, 5.74) is 10.3. The zero-order chi connectivity index (χ0) is 19.5. The van der Waals surface area contributed by atoms with E-state index < -0.39 is 0 Å². The molecule has 142 valence electrons. The minimum absolute atomic E-state index is 0.391. The first-order chi connectivity index (χ1) is 13.7. The van der Waals surface area contributed by atoms with Gasteiger partial charge in [0.15, 0.2) is 11.5 Å². The molecule has 0 unspecified atom stereocenters. The van der Waals surface area contributed by atoms with Gasteiger partial charge in [0, 0.05) is 49.5 Å². The van der Waals surface area contributed by atoms with E-state index in [0.717, 1.165) is 47.7 Å². The average molecular weight is 374 g/mol. The number of rotatable bonds is 6. The smallest absolute Gasteiger partial charge is 0.166 e. The summed E-state index contributed by atoms with van der Waals surface area (Å²) < 4.78 is 1.70. The third-order valence-corrected chi connectivity index (χ3v) is 4.62. The van der Waals surface area contributed by atoms with Crippen LogP contribution in [0.3, 0.4) is 0 Å². The standard InChI is InChI=1S/C20H22N8/c1-3-9-27(4-2)17-10-16(24-13-25-17)18-19(21)26-28-12-15(11-23-20(18)28)14-5-7-22-8-6-14/h5-8,10-13H,3-4,9H2,1-2H3,(H2,21,26). The summed E-state index contributed by atoms with van der Waals surface area (Å²) in [5.74, 6) is 1.27. The third kappa shape index (κ3) is 3.24. The Hall–Kier alpha value is -3.55. The van der Waals surface area contributed by atoms with E-state index in [1.54, 1.807) is 23.2 Å². The summed E-state index contributed by atoms with van der Waals surface area (Å²) in [4.78, 5) is 19.7. The van der Waals surface area contributed by atoms with E-state index in [4.69, 9.17) is 5.73 Å². The number of nitrogens with two attached hydrogens (primary N) is 1. The Bertz CT molecular complexity index is 1090. The molecular weight excluding hydrogens is 352 g/mol. The van der Waals surface area contributed by atoms with Crippen molar-refractivity contribution in [3.8, 4) is 22.4 Å². The highest BCUT2D eigenvalue weighted by molar-refractivity contribution is 5.85. The fraction of sp³-hybridized carbons (Fsp3) is 0.250. The van der Waals surface area contributed by atoms with E-state index in [0.29, 0.717) is 11.5 Å². The van der Waals surface area contributed by atoms with Gasteiger partial charge in [0.25, 0.3) is 0 Å². The van der Waals surface area contributed by atoms with Crippen LogP contribution in [-0.4, -0.2) is 42.6 Å². The molecule has 0 spiro atoms. The number of anilines is 2. The molecule has 2 N–H and O–H groups in total. The summed E-state index contributed by atoms with van der Waals surface area (Å²) in [6.45, 7) is 6.08. The number of hydrogen-bond donors (Lipinski definition) is 1. The summed E-state index contributed by atoms with van der Waals surface area (Å²) in [5, 5.41) is 4.45. The van der Waals surface area contributed by atoms with Crippen LogP contribution in [0.25, 0.3) is 28.0 Å². The van der Waals surface area contributed by atoms with Crippen molar-refractivity contribution in [1.82, 2.24) is 29.5 Å². The van der Waals surface area contributed by atoms with Crippen molar-refractivity contribution < 1.29 is 0 Å². The average Bonchev–Trinajstić information content (AvgIpc) is 3.07. The zero-order valence-electron chi connectivity index (χ0n) is 15.9. The Morgan fingerprint density at radius 2 is 1.89 bits per heavy atom. The van der Waals surface area contributed by atoms with Crippen LogP contribution in [0.2, 0.25) is 0 Å². The van der Waals surface area contributed by atoms with Crippen LogP contribution in [0.1, 0.15) is 20.3 Å². The molecule has 0 aliphatic heterocycles. The number of hydrogen-bond acceptors (Lipinski definition) is 7. The Morgan fingerprint density at radius 1 is 1.07 bits per heavy atom. The molecule has 28 heavy (non-hydrogen) atoms. The monoisotopic (exact) mass is 374 g/mol. The highest BCUT2D eigenvalue weighted by Crippen LogP contribution is 2.30. The summed E-state index contributed by atoms with van der Waals surface area (Å²) >= 11 is 0. The van der Waals surface area contributed by atoms with E-state index in [1.807, 2.05) is 30.6 Å². The number of nitrogens with zero attached hydrogens (tertiary/aromatic N) is 7. The van der Waals surface area contributed by atoms with Gasteiger partial charge in [-0.3, -0.25) is 4.98 Å². The molecule has 0 atom stereocenters. The van der Waals surface area contributed by atoms with Gasteiger partial charge in [0.05, 0.1) is 11.3 Å². The second-order valence-electron chi connectivity index (χ2n) is 6.45. The second kappa shape index (κ2) is 7.59. The van der Waals surface area contributed by atoms with E-state index in [1.165, 1.54) is 0 Å². The number of pyridine rings is 1. The predicted octanol–water partition coefficient (Wildman–Crippen LogP) is 3.07. The topological polar surface area (TPSA) is 98.1 Å². The van der Waals surface area contributed by atoms with Crippen LogP contribution in [0.5, 0.6) is 0 Å². The molecule has 0 aliphatic carbocycles. The largest absolute Gasteiger partial charge is 0.382 e. The van der Waals surface area contributed by atoms with Gasteiger partial charge >= 0.3 is 0 Å². The Kier molecular flexibility index (Phi) is 4.84. The lowest BCUT2D eigenvalue weighted by atomic mass is 10.1. The Morgan fingerprint density at radius 3 is 2.64 bits per heavy atom. The van der Waals surface area contributed by atoms with Gasteiger partial charge in [-0.1, -0.05) is 6.92 Å². The summed E-state index contributed by atoms with van der Waals surface area (Å²) in [7, 11) is 0. The van der Waals surface area contributed by atoms with Crippen molar-refractivity contribution in [2.45, 2.75) is 20.3 Å². The van der Waals surface area contributed by atoms with Gasteiger partial charge in [-0.25, -0.2) is 19.5 Å². The molecule has 0 aliphatic rings. The first kappa shape index (κ1) is 17.8. The molecule has 0 saturated heterocycles. The molecular formula is C20H22N8. The first-order valence-corrected chi connectivity index (χ1v) is 9.32. The maximum atomic E-state index is 6.24. The van der Waals surface area contributed by atoms with Crippen molar-refractivity contribution >= 4 is 17.3 Å². The van der Waals surface area contributed by atoms with Crippen LogP contribution >= 0.6 is 0 Å². The fourth-order valence-corrected chi connectivity index (χ4v) is 3.25. The highest BCUT2D eigenvalue weighted by Gasteiger charge is 2.17. The second-order valence-corrected chi connectivity index (χ2v) is 6.45. The van der Waals surface area contributed by atoms with Crippen molar-refractivity contribution in [2.75, 3.05) is 23.7 Å². The maximum Gasteiger partial charge on any atom is 0.166 e. The first-order valence-electron chi connectivity index (χ1n) is 9.32. The molecule has 4 aromatic heterocycles. The van der Waals surface area contributed by atoms with Crippen LogP contribution in [0, 0.1) is 0 Å². The quantitative estimate of drug-likeness (QED) is 0.554. The SMILES string of the molecule is CCCN(CC)c1cc(-c2c(N)nn3cc(-c4ccncc4)cnc23)ncn1. The normalized spacial score (nSPS) is 11.1. The van der Waals surface area contributed by atoms with Crippen molar-refractivity contribution in [3.05, 3.63) is 49.3 Å². The van der Waals surface area contributed by atoms with Crippen LogP contribution in [-0.2, 0) is 0 Å². The van der Waals surface area contributed by atoms with Crippen LogP contribution in [0.15, 0.2) is 49.3 Å². The molecule has 0 aromatic carbocycles. The maximum absolute atomic E-state index is 6.24. The van der Waals surface area contributed by atoms with Crippen LogP contribution in [0.4, 0.5) is 11.6 Å². The molecule has 4 aromatic rings. The van der Waals surface area contributed by atoms with Crippen molar-refractivity contribution in [2.24, 2.45) is 0 Å². The fourth-order valence-electron chi connectivity index (χ4n) is 3.25. The number of fused-ring (bicyclic) bond motifs is 1. The molecule has 8 nitrogen and oxygen atoms in total. The summed E-state index contributed by atoms with van der Waals surface area (Å²) in [6, 6.07) is 5.81. The lowest BCUT2D eigenvalue weighted by Crippen LogP contribution is -2.24. The third-order valence-electron chi connectivity index (χ3n) is 4.62. The number of nitrogen functional groups attached to an aromatic ring is 1. The van der Waals surface area contributed by atoms with Gasteiger partial charge in [-0.05, 0) is 31.0 Å². The van der Waals surface area contributed by atoms with E-state index in [2.05, 4.69) is 43.8 Å². The predicted molar refractivity (Wildman–Crippen MR) is 110 cm³/mol. The van der Waals surface area contributed by atoms with E-state index in [-0.39, 0.29) is 0 Å². The molecule has 0 amide bonds. The molecule has 8 heteroatoms. The lowest BCUT2D eigenvalue weighted by Gasteiger charge is -2.21. The minimum Gasteiger partial charge on any atom is -0.382 e. The van der Waals surface area contributed by atoms with E-state index in [9.17, 15) is 0 Å². The summed E-state index contributed by atoms with van der Waals surface area (Å²) in [6.07, 6.45) is 9.84. The van der Waals surface area contributed by atoms with E-state index >= 15 is 0 Å². The zero-order valence-corrected chi connectivity index (χ0v) is 15.9. The van der Waals surface area contributed by atoms with Gasteiger partial charge in [0.2, 0.25) is 0 Å². The van der Waals surface area contributed by atoms with Crippen molar-refractivity contribution in [1.29, 1.82) is 0 Å². The van der Waals surface area contributed by atoms with Gasteiger partial charge in [-0.15, -0.1) is 5.10 Å².